The van der Waals surface area contributed by atoms with Crippen molar-refractivity contribution in [2.24, 2.45) is 13.0 Å². The molecule has 2 atom stereocenters. The maximum Gasteiger partial charge on any atom is 0.311 e. The van der Waals surface area contributed by atoms with Gasteiger partial charge in [-0.25, -0.2) is 0 Å². The fourth-order valence-electron chi connectivity index (χ4n) is 2.29. The molecule has 2 heterocycles. The van der Waals surface area contributed by atoms with Gasteiger partial charge in [-0.2, -0.15) is 5.10 Å². The molecule has 1 N–H and O–H groups in total. The van der Waals surface area contributed by atoms with E-state index in [2.05, 4.69) is 10.4 Å². The third kappa shape index (κ3) is 2.90. The molecule has 0 amide bonds. The maximum atomic E-state index is 12.2. The van der Waals surface area contributed by atoms with Gasteiger partial charge in [0.15, 0.2) is 0 Å². The Hall–Kier alpha value is -1.36. The molecule has 0 aromatic carbocycles. The van der Waals surface area contributed by atoms with Crippen LogP contribution >= 0.6 is 0 Å². The fourth-order valence-corrected chi connectivity index (χ4v) is 2.29. The molecule has 1 saturated heterocycles. The molecular formula is C13H21N3O2. The van der Waals surface area contributed by atoms with E-state index in [0.717, 1.165) is 12.1 Å². The molecule has 0 unspecified atom stereocenters. The summed E-state index contributed by atoms with van der Waals surface area (Å²) in [7, 11) is 1.88. The second kappa shape index (κ2) is 4.72. The van der Waals surface area contributed by atoms with Crippen LogP contribution in [0.25, 0.3) is 0 Å². The lowest BCUT2D eigenvalue weighted by Crippen LogP contribution is -2.31. The predicted molar refractivity (Wildman–Crippen MR) is 68.2 cm³/mol. The lowest BCUT2D eigenvalue weighted by molar-refractivity contribution is -0.159. The Bertz CT molecular complexity index is 434. The second-order valence-corrected chi connectivity index (χ2v) is 5.85. The number of ether oxygens (including phenoxy) is 1. The summed E-state index contributed by atoms with van der Waals surface area (Å²) in [6.07, 6.45) is 3.80. The molecular weight excluding hydrogens is 230 g/mol. The van der Waals surface area contributed by atoms with Crippen LogP contribution in [0.3, 0.4) is 0 Å². The molecule has 0 bridgehead atoms. The van der Waals surface area contributed by atoms with Crippen LogP contribution in [-0.2, 0) is 16.6 Å². The molecule has 1 fully saturated rings. The molecule has 5 nitrogen and oxygen atoms in total. The van der Waals surface area contributed by atoms with E-state index < -0.39 is 5.60 Å². The number of hydrogen-bond acceptors (Lipinski definition) is 4. The SMILES string of the molecule is Cn1cc([C@@H]2CNC[C@H]2C(=O)OC(C)(C)C)cn1. The minimum Gasteiger partial charge on any atom is -0.460 e. The summed E-state index contributed by atoms with van der Waals surface area (Å²) in [5, 5.41) is 7.43. The zero-order valence-corrected chi connectivity index (χ0v) is 11.4. The number of carbonyl (C=O) groups excluding carboxylic acids is 1. The number of aromatic nitrogens is 2. The number of nitrogens with one attached hydrogen (secondary N) is 1. The Morgan fingerprint density at radius 2 is 2.22 bits per heavy atom. The van der Waals surface area contributed by atoms with E-state index >= 15 is 0 Å². The topological polar surface area (TPSA) is 56.2 Å². The number of hydrogen-bond donors (Lipinski definition) is 1. The molecule has 2 rings (SSSR count). The van der Waals surface area contributed by atoms with Crippen LogP contribution in [0, 0.1) is 5.92 Å². The van der Waals surface area contributed by atoms with E-state index in [0.29, 0.717) is 6.54 Å². The zero-order chi connectivity index (χ0) is 13.3. The highest BCUT2D eigenvalue weighted by atomic mass is 16.6. The normalized spacial score (nSPS) is 24.2. The van der Waals surface area contributed by atoms with Crippen LogP contribution in [0.1, 0.15) is 32.3 Å². The van der Waals surface area contributed by atoms with Gasteiger partial charge in [0.2, 0.25) is 0 Å². The molecule has 0 radical (unpaired) electrons. The van der Waals surface area contributed by atoms with Crippen molar-refractivity contribution in [3.8, 4) is 0 Å². The standard InChI is InChI=1S/C13H21N3O2/c1-13(2,3)18-12(17)11-7-14-6-10(11)9-5-15-16(4)8-9/h5,8,10-11,14H,6-7H2,1-4H3/t10-,11+/m0/s1. The van der Waals surface area contributed by atoms with Crippen LogP contribution in [0.2, 0.25) is 0 Å². The van der Waals surface area contributed by atoms with Gasteiger partial charge in [-0.1, -0.05) is 0 Å². The lowest BCUT2D eigenvalue weighted by Gasteiger charge is -2.24. The Balaban J connectivity index is 2.10. The van der Waals surface area contributed by atoms with Crippen molar-refractivity contribution >= 4 is 5.97 Å². The van der Waals surface area contributed by atoms with Gasteiger partial charge in [-0.3, -0.25) is 9.48 Å². The van der Waals surface area contributed by atoms with Crippen molar-refractivity contribution in [2.75, 3.05) is 13.1 Å². The average molecular weight is 251 g/mol. The predicted octanol–water partition coefficient (Wildman–Crippen LogP) is 1.06. The van der Waals surface area contributed by atoms with Crippen LogP contribution in [-0.4, -0.2) is 34.4 Å². The smallest absolute Gasteiger partial charge is 0.311 e. The van der Waals surface area contributed by atoms with E-state index in [1.807, 2.05) is 40.2 Å². The number of nitrogens with zero attached hydrogens (tertiary/aromatic N) is 2. The number of esters is 1. The molecule has 1 aromatic rings. The molecule has 0 spiro atoms. The summed E-state index contributed by atoms with van der Waals surface area (Å²) in [6.45, 7) is 7.16. The van der Waals surface area contributed by atoms with Crippen molar-refractivity contribution in [3.63, 3.8) is 0 Å². The zero-order valence-electron chi connectivity index (χ0n) is 11.4. The molecule has 18 heavy (non-hydrogen) atoms. The van der Waals surface area contributed by atoms with E-state index in [9.17, 15) is 4.79 Å². The minimum absolute atomic E-state index is 0.117. The maximum absolute atomic E-state index is 12.2. The quantitative estimate of drug-likeness (QED) is 0.799. The van der Waals surface area contributed by atoms with Gasteiger partial charge in [-0.05, 0) is 26.3 Å². The van der Waals surface area contributed by atoms with E-state index in [4.69, 9.17) is 4.74 Å². The van der Waals surface area contributed by atoms with Crippen LogP contribution in [0.4, 0.5) is 0 Å². The summed E-state index contributed by atoms with van der Waals surface area (Å²) >= 11 is 0. The molecule has 1 aliphatic heterocycles. The fraction of sp³-hybridized carbons (Fsp3) is 0.692. The van der Waals surface area contributed by atoms with E-state index in [-0.39, 0.29) is 17.8 Å². The second-order valence-electron chi connectivity index (χ2n) is 5.85. The summed E-state index contributed by atoms with van der Waals surface area (Å²) in [5.74, 6) is -0.0803. The van der Waals surface area contributed by atoms with Crippen LogP contribution in [0.15, 0.2) is 12.4 Å². The Morgan fingerprint density at radius 3 is 2.78 bits per heavy atom. The van der Waals surface area contributed by atoms with Crippen molar-refractivity contribution in [3.05, 3.63) is 18.0 Å². The number of carbonyl (C=O) groups is 1. The van der Waals surface area contributed by atoms with Crippen LogP contribution < -0.4 is 5.32 Å². The van der Waals surface area contributed by atoms with E-state index in [1.54, 1.807) is 4.68 Å². The van der Waals surface area contributed by atoms with Gasteiger partial charge in [0, 0.05) is 32.3 Å². The monoisotopic (exact) mass is 251 g/mol. The highest BCUT2D eigenvalue weighted by molar-refractivity contribution is 5.75. The molecule has 0 aliphatic carbocycles. The summed E-state index contributed by atoms with van der Waals surface area (Å²) < 4.78 is 7.24. The first kappa shape index (κ1) is 13.1. The van der Waals surface area contributed by atoms with E-state index in [1.165, 1.54) is 0 Å². The molecule has 1 aromatic heterocycles. The van der Waals surface area contributed by atoms with Gasteiger partial charge in [0.1, 0.15) is 5.60 Å². The van der Waals surface area contributed by atoms with Crippen molar-refractivity contribution < 1.29 is 9.53 Å². The largest absolute Gasteiger partial charge is 0.460 e. The Kier molecular flexibility index (Phi) is 3.43. The van der Waals surface area contributed by atoms with Gasteiger partial charge in [0.05, 0.1) is 12.1 Å². The Morgan fingerprint density at radius 1 is 1.50 bits per heavy atom. The van der Waals surface area contributed by atoms with Gasteiger partial charge >= 0.3 is 5.97 Å². The third-order valence-electron chi connectivity index (χ3n) is 3.08. The van der Waals surface area contributed by atoms with Crippen molar-refractivity contribution in [1.82, 2.24) is 15.1 Å². The first-order valence-corrected chi connectivity index (χ1v) is 6.29. The minimum atomic E-state index is -0.431. The van der Waals surface area contributed by atoms with Gasteiger partial charge in [-0.15, -0.1) is 0 Å². The highest BCUT2D eigenvalue weighted by Gasteiger charge is 2.37. The third-order valence-corrected chi connectivity index (χ3v) is 3.08. The highest BCUT2D eigenvalue weighted by Crippen LogP contribution is 2.29. The van der Waals surface area contributed by atoms with Gasteiger partial charge < -0.3 is 10.1 Å². The van der Waals surface area contributed by atoms with Crippen LogP contribution in [0.5, 0.6) is 0 Å². The first-order valence-electron chi connectivity index (χ1n) is 6.29. The first-order chi connectivity index (χ1) is 8.37. The molecule has 5 heteroatoms. The molecule has 100 valence electrons. The van der Waals surface area contributed by atoms with Gasteiger partial charge in [0.25, 0.3) is 0 Å². The van der Waals surface area contributed by atoms with Crippen molar-refractivity contribution in [1.29, 1.82) is 0 Å². The molecule has 1 aliphatic rings. The summed E-state index contributed by atoms with van der Waals surface area (Å²) in [4.78, 5) is 12.2. The number of aryl methyl sites for hydroxylation is 1. The average Bonchev–Trinajstić information content (AvgIpc) is 2.81. The summed E-state index contributed by atoms with van der Waals surface area (Å²) in [5.41, 5.74) is 0.664. The molecule has 0 saturated carbocycles. The lowest BCUT2D eigenvalue weighted by atomic mass is 9.91. The van der Waals surface area contributed by atoms with Crippen molar-refractivity contribution in [2.45, 2.75) is 32.3 Å². The summed E-state index contributed by atoms with van der Waals surface area (Å²) in [6, 6.07) is 0. The Labute approximate surface area is 108 Å². The number of rotatable bonds is 2.